The van der Waals surface area contributed by atoms with Crippen LogP contribution in [0.1, 0.15) is 16.9 Å². The van der Waals surface area contributed by atoms with Gasteiger partial charge in [-0.2, -0.15) is 0 Å². The molecule has 1 aromatic heterocycles. The van der Waals surface area contributed by atoms with Crippen LogP contribution in [0.15, 0.2) is 34.5 Å². The molecule has 1 aromatic carbocycles. The summed E-state index contributed by atoms with van der Waals surface area (Å²) < 4.78 is 33.2. The maximum atomic E-state index is 12.5. The zero-order valence-electron chi connectivity index (χ0n) is 11.3. The first kappa shape index (κ1) is 14.4. The molecule has 3 N–H and O–H groups in total. The van der Waals surface area contributed by atoms with Crippen LogP contribution < -0.4 is 15.2 Å². The summed E-state index contributed by atoms with van der Waals surface area (Å²) in [6, 6.07) is 7.02. The van der Waals surface area contributed by atoms with Crippen molar-refractivity contribution in [1.29, 1.82) is 0 Å². The van der Waals surface area contributed by atoms with E-state index >= 15 is 0 Å². The molecule has 7 heteroatoms. The second kappa shape index (κ2) is 5.67. The summed E-state index contributed by atoms with van der Waals surface area (Å²) in [5.74, 6) is 0.439. The fourth-order valence-corrected chi connectivity index (χ4v) is 4.29. The predicted octanol–water partition coefficient (Wildman–Crippen LogP) is 2.13. The summed E-state index contributed by atoms with van der Waals surface area (Å²) in [7, 11) is -3.65. The van der Waals surface area contributed by atoms with Gasteiger partial charge in [0.1, 0.15) is 10.6 Å². The lowest BCUT2D eigenvalue weighted by Crippen LogP contribution is -2.25. The monoisotopic (exact) mass is 324 g/mol. The molecule has 21 heavy (non-hydrogen) atoms. The van der Waals surface area contributed by atoms with Crippen LogP contribution in [0.3, 0.4) is 0 Å². The lowest BCUT2D eigenvalue weighted by molar-refractivity contribution is 0.280. The summed E-state index contributed by atoms with van der Waals surface area (Å²) >= 11 is 1.51. The third-order valence-corrected chi connectivity index (χ3v) is 5.58. The standard InChI is InChI=1S/C14H16N2O3S2/c15-11-7-10-3-1-5-19-14(10)13(8-11)21(17,18)16-9-12-4-2-6-20-12/h2,4,6-8,16H,1,3,5,9,15H2. The highest BCUT2D eigenvalue weighted by Gasteiger charge is 2.25. The van der Waals surface area contributed by atoms with Crippen molar-refractivity contribution >= 4 is 27.0 Å². The topological polar surface area (TPSA) is 81.4 Å². The van der Waals surface area contributed by atoms with E-state index in [1.165, 1.54) is 17.4 Å². The fraction of sp³-hybridized carbons (Fsp3) is 0.286. The quantitative estimate of drug-likeness (QED) is 0.844. The third kappa shape index (κ3) is 3.04. The summed E-state index contributed by atoms with van der Waals surface area (Å²) in [6.07, 6.45) is 1.66. The number of ether oxygens (including phenoxy) is 1. The molecule has 112 valence electrons. The van der Waals surface area contributed by atoms with Crippen LogP contribution in [0.5, 0.6) is 5.75 Å². The highest BCUT2D eigenvalue weighted by molar-refractivity contribution is 7.89. The SMILES string of the molecule is Nc1cc2c(c(S(=O)(=O)NCc3cccs3)c1)OCCC2. The van der Waals surface area contributed by atoms with Gasteiger partial charge in [0.2, 0.25) is 10.0 Å². The van der Waals surface area contributed by atoms with Crippen LogP contribution >= 0.6 is 11.3 Å². The zero-order valence-corrected chi connectivity index (χ0v) is 13.0. The Morgan fingerprint density at radius 3 is 3.00 bits per heavy atom. The second-order valence-corrected chi connectivity index (χ2v) is 7.63. The van der Waals surface area contributed by atoms with Crippen molar-refractivity contribution in [3.63, 3.8) is 0 Å². The Morgan fingerprint density at radius 1 is 1.38 bits per heavy atom. The van der Waals surface area contributed by atoms with Gasteiger partial charge in [0.15, 0.2) is 0 Å². The molecule has 0 aliphatic carbocycles. The van der Waals surface area contributed by atoms with E-state index in [0.29, 0.717) is 18.0 Å². The lowest BCUT2D eigenvalue weighted by atomic mass is 10.1. The van der Waals surface area contributed by atoms with E-state index in [0.717, 1.165) is 23.3 Å². The molecule has 0 saturated carbocycles. The van der Waals surface area contributed by atoms with E-state index in [2.05, 4.69) is 4.72 Å². The van der Waals surface area contributed by atoms with E-state index in [4.69, 9.17) is 10.5 Å². The summed E-state index contributed by atoms with van der Waals surface area (Å²) in [5.41, 5.74) is 7.12. The molecule has 0 unspecified atom stereocenters. The van der Waals surface area contributed by atoms with Crippen molar-refractivity contribution < 1.29 is 13.2 Å². The number of benzene rings is 1. The van der Waals surface area contributed by atoms with Gasteiger partial charge < -0.3 is 10.5 Å². The smallest absolute Gasteiger partial charge is 0.244 e. The van der Waals surface area contributed by atoms with Crippen molar-refractivity contribution in [1.82, 2.24) is 4.72 Å². The highest BCUT2D eigenvalue weighted by Crippen LogP contribution is 2.34. The van der Waals surface area contributed by atoms with Crippen LogP contribution in [-0.2, 0) is 23.0 Å². The number of fused-ring (bicyclic) bond motifs is 1. The molecular formula is C14H16N2O3S2. The van der Waals surface area contributed by atoms with E-state index in [9.17, 15) is 8.42 Å². The van der Waals surface area contributed by atoms with Gasteiger partial charge in [-0.3, -0.25) is 0 Å². The molecule has 0 fully saturated rings. The van der Waals surface area contributed by atoms with Gasteiger partial charge in [-0.05, 0) is 42.0 Å². The third-order valence-electron chi connectivity index (χ3n) is 3.30. The van der Waals surface area contributed by atoms with E-state index in [-0.39, 0.29) is 11.4 Å². The summed E-state index contributed by atoms with van der Waals surface area (Å²) in [4.78, 5) is 1.09. The first-order valence-corrected chi connectivity index (χ1v) is 9.00. The zero-order chi connectivity index (χ0) is 14.9. The van der Waals surface area contributed by atoms with Crippen LogP contribution in [0.2, 0.25) is 0 Å². The van der Waals surface area contributed by atoms with Crippen molar-refractivity contribution in [2.45, 2.75) is 24.3 Å². The van der Waals surface area contributed by atoms with Gasteiger partial charge >= 0.3 is 0 Å². The van der Waals surface area contributed by atoms with E-state index in [1.54, 1.807) is 6.07 Å². The number of hydrogen-bond donors (Lipinski definition) is 2. The second-order valence-electron chi connectivity index (χ2n) is 4.86. The maximum Gasteiger partial charge on any atom is 0.244 e. The molecule has 0 radical (unpaired) electrons. The van der Waals surface area contributed by atoms with Gasteiger partial charge in [-0.25, -0.2) is 13.1 Å². The molecule has 1 aliphatic heterocycles. The van der Waals surface area contributed by atoms with Gasteiger partial charge in [-0.1, -0.05) is 6.07 Å². The van der Waals surface area contributed by atoms with E-state index in [1.807, 2.05) is 17.5 Å². The van der Waals surface area contributed by atoms with Gasteiger partial charge in [0, 0.05) is 17.1 Å². The molecule has 2 heterocycles. The normalized spacial score (nSPS) is 14.5. The largest absolute Gasteiger partial charge is 0.492 e. The minimum absolute atomic E-state index is 0.133. The first-order chi connectivity index (χ1) is 10.1. The number of hydrogen-bond acceptors (Lipinski definition) is 5. The number of nitrogens with two attached hydrogens (primary N) is 1. The maximum absolute atomic E-state index is 12.5. The molecule has 1 aliphatic rings. The van der Waals surface area contributed by atoms with Crippen LogP contribution in [0.4, 0.5) is 5.69 Å². The predicted molar refractivity (Wildman–Crippen MR) is 83.0 cm³/mol. The Kier molecular flexibility index (Phi) is 3.88. The number of nitrogen functional groups attached to an aromatic ring is 1. The van der Waals surface area contributed by atoms with Crippen molar-refractivity contribution in [3.05, 3.63) is 40.1 Å². The van der Waals surface area contributed by atoms with E-state index < -0.39 is 10.0 Å². The number of anilines is 1. The van der Waals surface area contributed by atoms with Crippen LogP contribution in [0, 0.1) is 0 Å². The molecule has 0 amide bonds. The number of rotatable bonds is 4. The van der Waals surface area contributed by atoms with Crippen molar-refractivity contribution in [2.75, 3.05) is 12.3 Å². The molecule has 0 atom stereocenters. The number of sulfonamides is 1. The number of nitrogens with one attached hydrogen (secondary N) is 1. The van der Waals surface area contributed by atoms with Crippen molar-refractivity contribution in [2.24, 2.45) is 0 Å². The Labute approximate surface area is 127 Å². The summed E-state index contributed by atoms with van der Waals surface area (Å²) in [5, 5.41) is 1.91. The molecule has 0 bridgehead atoms. The Balaban J connectivity index is 1.93. The average Bonchev–Trinajstić information content (AvgIpc) is 2.97. The Morgan fingerprint density at radius 2 is 2.24 bits per heavy atom. The Bertz CT molecular complexity index is 740. The minimum Gasteiger partial charge on any atom is -0.492 e. The van der Waals surface area contributed by atoms with Gasteiger partial charge in [0.25, 0.3) is 0 Å². The highest BCUT2D eigenvalue weighted by atomic mass is 32.2. The lowest BCUT2D eigenvalue weighted by Gasteiger charge is -2.21. The molecule has 0 spiro atoms. The van der Waals surface area contributed by atoms with Crippen LogP contribution in [0.25, 0.3) is 0 Å². The average molecular weight is 324 g/mol. The fourth-order valence-electron chi connectivity index (χ4n) is 2.33. The molecule has 2 aromatic rings. The molecular weight excluding hydrogens is 308 g/mol. The van der Waals surface area contributed by atoms with Crippen molar-refractivity contribution in [3.8, 4) is 5.75 Å². The molecule has 3 rings (SSSR count). The molecule has 0 saturated heterocycles. The minimum atomic E-state index is -3.65. The first-order valence-electron chi connectivity index (χ1n) is 6.63. The van der Waals surface area contributed by atoms with Crippen LogP contribution in [-0.4, -0.2) is 15.0 Å². The number of aryl methyl sites for hydroxylation is 1. The molecule has 5 nitrogen and oxygen atoms in total. The van der Waals surface area contributed by atoms with Gasteiger partial charge in [0.05, 0.1) is 6.61 Å². The Hall–Kier alpha value is -1.57. The van der Waals surface area contributed by atoms with Gasteiger partial charge in [-0.15, -0.1) is 11.3 Å². The summed E-state index contributed by atoms with van der Waals surface area (Å²) in [6.45, 7) is 0.800. The number of thiophene rings is 1.